The van der Waals surface area contributed by atoms with E-state index in [4.69, 9.17) is 4.74 Å². The first-order valence-electron chi connectivity index (χ1n) is 9.37. The van der Waals surface area contributed by atoms with Crippen molar-refractivity contribution in [2.45, 2.75) is 71.1 Å². The van der Waals surface area contributed by atoms with Crippen molar-refractivity contribution in [3.8, 4) is 5.75 Å². The van der Waals surface area contributed by atoms with Gasteiger partial charge in [0.2, 0.25) is 0 Å². The summed E-state index contributed by atoms with van der Waals surface area (Å²) in [4.78, 5) is 15.7. The molecule has 1 fully saturated rings. The highest BCUT2D eigenvalue weighted by molar-refractivity contribution is 5.67. The van der Waals surface area contributed by atoms with E-state index >= 15 is 0 Å². The minimum Gasteiger partial charge on any atom is -0.490 e. The van der Waals surface area contributed by atoms with Crippen LogP contribution in [0.15, 0.2) is 18.2 Å². The minimum absolute atomic E-state index is 0.0297. The van der Waals surface area contributed by atoms with Gasteiger partial charge in [0.1, 0.15) is 11.9 Å². The molecule has 5 heteroatoms. The predicted molar refractivity (Wildman–Crippen MR) is 99.7 cm³/mol. The molecule has 2 aliphatic rings. The molecular formula is C20H30N2O3. The van der Waals surface area contributed by atoms with E-state index in [9.17, 15) is 9.90 Å². The average molecular weight is 346 g/mol. The Morgan fingerprint density at radius 1 is 1.40 bits per heavy atom. The Kier molecular flexibility index (Phi) is 4.85. The van der Waals surface area contributed by atoms with E-state index in [0.29, 0.717) is 0 Å². The normalized spacial score (nSPS) is 22.6. The van der Waals surface area contributed by atoms with E-state index in [1.54, 1.807) is 4.90 Å². The van der Waals surface area contributed by atoms with Crippen LogP contribution in [0.4, 0.5) is 10.5 Å². The van der Waals surface area contributed by atoms with Crippen molar-refractivity contribution in [2.24, 2.45) is 0 Å². The lowest BCUT2D eigenvalue weighted by Crippen LogP contribution is -2.52. The molecule has 0 aromatic heterocycles. The third-order valence-corrected chi connectivity index (χ3v) is 5.24. The van der Waals surface area contributed by atoms with E-state index in [2.05, 4.69) is 30.0 Å². The number of carbonyl (C=O) groups is 1. The summed E-state index contributed by atoms with van der Waals surface area (Å²) in [6.45, 7) is 9.72. The summed E-state index contributed by atoms with van der Waals surface area (Å²) < 4.78 is 6.08. The lowest BCUT2D eigenvalue weighted by molar-refractivity contribution is 0.0763. The number of nitrogens with zero attached hydrogens (tertiary/aromatic N) is 2. The van der Waals surface area contributed by atoms with E-state index in [1.165, 1.54) is 11.3 Å². The van der Waals surface area contributed by atoms with Crippen molar-refractivity contribution < 1.29 is 14.6 Å². The number of anilines is 1. The summed E-state index contributed by atoms with van der Waals surface area (Å²) in [6.07, 6.45) is 3.48. The lowest BCUT2D eigenvalue weighted by Gasteiger charge is -2.38. The molecule has 3 rings (SSSR count). The molecule has 0 radical (unpaired) electrons. The third kappa shape index (κ3) is 3.55. The van der Waals surface area contributed by atoms with Gasteiger partial charge in [0.25, 0.3) is 0 Å². The first-order valence-corrected chi connectivity index (χ1v) is 9.37. The standard InChI is InChI=1S/C20H30N2O3/c1-5-7-15-12-16-17(8-6-9-18(16)25-15)21-11-10-14(13-21)22(19(23)24)20(2,3)4/h6,8-9,14-15H,5,7,10-13H2,1-4H3,(H,23,24)/t14-,15?/m0/s1. The van der Waals surface area contributed by atoms with Crippen LogP contribution < -0.4 is 9.64 Å². The van der Waals surface area contributed by atoms with Crippen LogP contribution in [0.1, 0.15) is 52.5 Å². The van der Waals surface area contributed by atoms with Crippen LogP contribution in [-0.4, -0.2) is 46.9 Å². The van der Waals surface area contributed by atoms with Crippen LogP contribution in [0.25, 0.3) is 0 Å². The Labute approximate surface area is 150 Å². The van der Waals surface area contributed by atoms with Gasteiger partial charge in [-0.3, -0.25) is 4.90 Å². The zero-order valence-electron chi connectivity index (χ0n) is 15.8. The van der Waals surface area contributed by atoms with Gasteiger partial charge in [-0.1, -0.05) is 19.4 Å². The largest absolute Gasteiger partial charge is 0.490 e. The molecule has 2 aliphatic heterocycles. The molecule has 25 heavy (non-hydrogen) atoms. The van der Waals surface area contributed by atoms with Gasteiger partial charge in [-0.15, -0.1) is 0 Å². The molecule has 1 aromatic carbocycles. The molecule has 0 saturated carbocycles. The summed E-state index contributed by atoms with van der Waals surface area (Å²) in [7, 11) is 0. The Bertz CT molecular complexity index is 638. The Balaban J connectivity index is 1.78. The van der Waals surface area contributed by atoms with Crippen molar-refractivity contribution in [3.63, 3.8) is 0 Å². The van der Waals surface area contributed by atoms with Crippen LogP contribution in [0.2, 0.25) is 0 Å². The smallest absolute Gasteiger partial charge is 0.408 e. The maximum absolute atomic E-state index is 11.8. The van der Waals surface area contributed by atoms with Gasteiger partial charge in [-0.25, -0.2) is 4.79 Å². The molecule has 0 aliphatic carbocycles. The Morgan fingerprint density at radius 2 is 2.16 bits per heavy atom. The SMILES string of the molecule is CCCC1Cc2c(cccc2N2CC[C@H](N(C(=O)O)C(C)(C)C)C2)O1. The number of hydrogen-bond acceptors (Lipinski definition) is 3. The second kappa shape index (κ2) is 6.77. The van der Waals surface area contributed by atoms with Gasteiger partial charge in [-0.2, -0.15) is 0 Å². The summed E-state index contributed by atoms with van der Waals surface area (Å²) in [5, 5.41) is 9.66. The van der Waals surface area contributed by atoms with E-state index in [1.807, 2.05) is 20.8 Å². The second-order valence-electron chi connectivity index (χ2n) is 8.20. The van der Waals surface area contributed by atoms with Crippen LogP contribution >= 0.6 is 0 Å². The van der Waals surface area contributed by atoms with E-state index < -0.39 is 6.09 Å². The number of rotatable bonds is 4. The van der Waals surface area contributed by atoms with E-state index in [-0.39, 0.29) is 17.7 Å². The predicted octanol–water partition coefficient (Wildman–Crippen LogP) is 4.15. The van der Waals surface area contributed by atoms with Crippen molar-refractivity contribution in [1.82, 2.24) is 4.90 Å². The molecule has 2 heterocycles. The molecule has 0 spiro atoms. The molecule has 2 atom stereocenters. The highest BCUT2D eigenvalue weighted by Crippen LogP contribution is 2.39. The van der Waals surface area contributed by atoms with Crippen LogP contribution in [-0.2, 0) is 6.42 Å². The molecule has 5 nitrogen and oxygen atoms in total. The van der Waals surface area contributed by atoms with Crippen LogP contribution in [0.3, 0.4) is 0 Å². The van der Waals surface area contributed by atoms with Crippen LogP contribution in [0.5, 0.6) is 5.75 Å². The molecule has 1 N–H and O–H groups in total. The highest BCUT2D eigenvalue weighted by atomic mass is 16.5. The molecule has 138 valence electrons. The zero-order chi connectivity index (χ0) is 18.2. The summed E-state index contributed by atoms with van der Waals surface area (Å²) >= 11 is 0. The number of fused-ring (bicyclic) bond motifs is 1. The molecular weight excluding hydrogens is 316 g/mol. The quantitative estimate of drug-likeness (QED) is 0.890. The highest BCUT2D eigenvalue weighted by Gasteiger charge is 2.38. The van der Waals surface area contributed by atoms with Gasteiger partial charge in [-0.05, 0) is 45.7 Å². The fraction of sp³-hybridized carbons (Fsp3) is 0.650. The Morgan fingerprint density at radius 3 is 2.80 bits per heavy atom. The maximum Gasteiger partial charge on any atom is 0.408 e. The first-order chi connectivity index (χ1) is 11.8. The summed E-state index contributed by atoms with van der Waals surface area (Å²) in [6, 6.07) is 6.29. The first kappa shape index (κ1) is 17.9. The van der Waals surface area contributed by atoms with Gasteiger partial charge in [0.05, 0.1) is 6.04 Å². The molecule has 1 unspecified atom stereocenters. The van der Waals surface area contributed by atoms with Gasteiger partial charge >= 0.3 is 6.09 Å². The monoisotopic (exact) mass is 346 g/mol. The molecule has 0 bridgehead atoms. The van der Waals surface area contributed by atoms with Crippen molar-refractivity contribution >= 4 is 11.8 Å². The van der Waals surface area contributed by atoms with E-state index in [0.717, 1.165) is 44.5 Å². The molecule has 1 aromatic rings. The summed E-state index contributed by atoms with van der Waals surface area (Å²) in [5.41, 5.74) is 2.12. The average Bonchev–Trinajstić information content (AvgIpc) is 3.11. The van der Waals surface area contributed by atoms with Crippen LogP contribution in [0, 0.1) is 0 Å². The minimum atomic E-state index is -0.830. The number of carboxylic acid groups (broad SMARTS) is 1. The number of hydrogen-bond donors (Lipinski definition) is 1. The third-order valence-electron chi connectivity index (χ3n) is 5.24. The number of amides is 1. The zero-order valence-corrected chi connectivity index (χ0v) is 15.8. The van der Waals surface area contributed by atoms with Gasteiger partial charge in [0, 0.05) is 36.3 Å². The Hall–Kier alpha value is -1.91. The van der Waals surface area contributed by atoms with Crippen molar-refractivity contribution in [1.29, 1.82) is 0 Å². The van der Waals surface area contributed by atoms with Gasteiger partial charge < -0.3 is 14.7 Å². The second-order valence-corrected chi connectivity index (χ2v) is 8.20. The van der Waals surface area contributed by atoms with Gasteiger partial charge in [0.15, 0.2) is 0 Å². The maximum atomic E-state index is 11.8. The summed E-state index contributed by atoms with van der Waals surface area (Å²) in [5.74, 6) is 1.00. The molecule has 1 amide bonds. The molecule has 1 saturated heterocycles. The topological polar surface area (TPSA) is 53.0 Å². The van der Waals surface area contributed by atoms with Crippen molar-refractivity contribution in [3.05, 3.63) is 23.8 Å². The van der Waals surface area contributed by atoms with Crippen molar-refractivity contribution in [2.75, 3.05) is 18.0 Å². The fourth-order valence-corrected chi connectivity index (χ4v) is 4.26. The number of ether oxygens (including phenoxy) is 1. The number of benzene rings is 1. The lowest BCUT2D eigenvalue weighted by atomic mass is 10.0. The fourth-order valence-electron chi connectivity index (χ4n) is 4.26.